The van der Waals surface area contributed by atoms with Crippen LogP contribution in [0.25, 0.3) is 0 Å². The molecule has 1 aromatic rings. The number of ether oxygens (including phenoxy) is 2. The molecule has 2 aliphatic rings. The molecule has 5 atom stereocenters. The topological polar surface area (TPSA) is 83.5 Å². The molecule has 0 spiro atoms. The van der Waals surface area contributed by atoms with E-state index in [0.717, 1.165) is 0 Å². The lowest BCUT2D eigenvalue weighted by atomic mass is 9.99. The summed E-state index contributed by atoms with van der Waals surface area (Å²) in [6, 6.07) is 6.47. The molecule has 10 heteroatoms. The monoisotopic (exact) mass is 572 g/mol. The standard InChI is InChI=1S/C27H45ClO7Si2/c1-25(2,3)36(10,11)34-22-20(29)24(33-23(30)17-13-12-14-18(28)15-17)32-19-16-31-37(26(4,5)6,27(7,8)9)35-21(19)22/h12-15,19-22,24,29H,16H2,1-11H3/t19-,20+,21-,22-,24-/m1/s1. The van der Waals surface area contributed by atoms with Crippen molar-refractivity contribution in [1.29, 1.82) is 0 Å². The van der Waals surface area contributed by atoms with Crippen molar-refractivity contribution in [2.24, 2.45) is 0 Å². The summed E-state index contributed by atoms with van der Waals surface area (Å²) >= 11 is 6.06. The maximum atomic E-state index is 12.9. The zero-order valence-corrected chi connectivity index (χ0v) is 26.9. The predicted octanol–water partition coefficient (Wildman–Crippen LogP) is 6.43. The first-order valence-corrected chi connectivity index (χ1v) is 18.1. The Kier molecular flexibility index (Phi) is 8.57. The lowest BCUT2D eigenvalue weighted by molar-refractivity contribution is -0.291. The highest BCUT2D eigenvalue weighted by atomic mass is 35.5. The van der Waals surface area contributed by atoms with Gasteiger partial charge < -0.3 is 27.9 Å². The molecular weight excluding hydrogens is 528 g/mol. The van der Waals surface area contributed by atoms with Crippen LogP contribution in [0.2, 0.25) is 33.2 Å². The summed E-state index contributed by atoms with van der Waals surface area (Å²) < 4.78 is 32.2. The molecule has 3 rings (SSSR count). The average Bonchev–Trinajstić information content (AvgIpc) is 2.73. The van der Waals surface area contributed by atoms with Crippen LogP contribution < -0.4 is 0 Å². The summed E-state index contributed by atoms with van der Waals surface area (Å²) in [5, 5.41) is 11.4. The molecule has 2 heterocycles. The van der Waals surface area contributed by atoms with Gasteiger partial charge in [-0.15, -0.1) is 0 Å². The molecule has 1 N–H and O–H groups in total. The molecule has 0 aliphatic carbocycles. The second-order valence-corrected chi connectivity index (χ2v) is 23.8. The minimum atomic E-state index is -2.88. The number of carbonyl (C=O) groups excluding carboxylic acids is 1. The predicted molar refractivity (Wildman–Crippen MR) is 150 cm³/mol. The molecule has 0 unspecified atom stereocenters. The average molecular weight is 573 g/mol. The van der Waals surface area contributed by atoms with Crippen LogP contribution in [0.1, 0.15) is 72.7 Å². The number of hydrogen-bond donors (Lipinski definition) is 1. The SMILES string of the molecule is CC(C)(C)[Si](C)(C)O[C@@H]1[C@H](O)[C@@H](OC(=O)c2cccc(Cl)c2)O[C@@H]2CO[Si](C(C)(C)C)(C(C)(C)C)O[C@@H]12. The van der Waals surface area contributed by atoms with Crippen molar-refractivity contribution in [2.75, 3.05) is 6.61 Å². The molecule has 0 aromatic heterocycles. The first-order valence-electron chi connectivity index (χ1n) is 13.0. The summed E-state index contributed by atoms with van der Waals surface area (Å²) in [5.41, 5.74) is 0.273. The highest BCUT2D eigenvalue weighted by molar-refractivity contribution is 6.74. The minimum absolute atomic E-state index is 0.110. The Morgan fingerprint density at radius 3 is 2.19 bits per heavy atom. The summed E-state index contributed by atoms with van der Waals surface area (Å²) in [5.74, 6) is -0.637. The van der Waals surface area contributed by atoms with Gasteiger partial charge in [0.15, 0.2) is 8.32 Å². The lowest BCUT2D eigenvalue weighted by Gasteiger charge is -2.58. The third-order valence-electron chi connectivity index (χ3n) is 7.86. The van der Waals surface area contributed by atoms with Crippen LogP contribution in [0.4, 0.5) is 0 Å². The van der Waals surface area contributed by atoms with Gasteiger partial charge in [-0.25, -0.2) is 4.79 Å². The summed E-state index contributed by atoms with van der Waals surface area (Å²) in [4.78, 5) is 12.9. The second kappa shape index (κ2) is 10.3. The molecule has 1 aromatic carbocycles. The van der Waals surface area contributed by atoms with Crippen molar-refractivity contribution in [2.45, 2.75) is 121 Å². The van der Waals surface area contributed by atoms with E-state index < -0.39 is 53.6 Å². The largest absolute Gasteiger partial charge is 0.429 e. The first-order chi connectivity index (χ1) is 16.7. The van der Waals surface area contributed by atoms with E-state index >= 15 is 0 Å². The van der Waals surface area contributed by atoms with Gasteiger partial charge in [-0.3, -0.25) is 0 Å². The number of carbonyl (C=O) groups is 1. The third kappa shape index (κ3) is 6.04. The number of aliphatic hydroxyl groups excluding tert-OH is 1. The Hall–Kier alpha value is -0.786. The number of halogens is 1. The molecular formula is C27H45ClO7Si2. The van der Waals surface area contributed by atoms with Crippen LogP contribution >= 0.6 is 11.6 Å². The molecule has 0 bridgehead atoms. The van der Waals surface area contributed by atoms with Gasteiger partial charge in [-0.2, -0.15) is 0 Å². The fourth-order valence-electron chi connectivity index (χ4n) is 5.05. The number of esters is 1. The number of rotatable bonds is 4. The van der Waals surface area contributed by atoms with Gasteiger partial charge in [0, 0.05) is 15.1 Å². The van der Waals surface area contributed by atoms with E-state index in [4.69, 9.17) is 34.4 Å². The Morgan fingerprint density at radius 2 is 1.68 bits per heavy atom. The molecule has 2 saturated heterocycles. The molecule has 2 aliphatic heterocycles. The highest BCUT2D eigenvalue weighted by Crippen LogP contribution is 2.55. The van der Waals surface area contributed by atoms with Crippen molar-refractivity contribution in [3.63, 3.8) is 0 Å². The van der Waals surface area contributed by atoms with Crippen LogP contribution in [0.5, 0.6) is 0 Å². The Bertz CT molecular complexity index is 966. The van der Waals surface area contributed by atoms with Gasteiger partial charge in [-0.1, -0.05) is 80.0 Å². The molecule has 37 heavy (non-hydrogen) atoms. The Labute approximate surface area is 229 Å². The molecule has 210 valence electrons. The van der Waals surface area contributed by atoms with Gasteiger partial charge in [0.2, 0.25) is 6.29 Å². The van der Waals surface area contributed by atoms with Crippen molar-refractivity contribution in [1.82, 2.24) is 0 Å². The lowest BCUT2D eigenvalue weighted by Crippen LogP contribution is -2.72. The highest BCUT2D eigenvalue weighted by Gasteiger charge is 2.65. The van der Waals surface area contributed by atoms with Crippen LogP contribution in [-0.2, 0) is 22.8 Å². The van der Waals surface area contributed by atoms with Gasteiger partial charge in [0.05, 0.1) is 12.2 Å². The van der Waals surface area contributed by atoms with Crippen molar-refractivity contribution in [3.05, 3.63) is 34.9 Å². The van der Waals surface area contributed by atoms with Crippen molar-refractivity contribution >= 4 is 34.4 Å². The smallest absolute Gasteiger partial charge is 0.349 e. The van der Waals surface area contributed by atoms with E-state index in [1.165, 1.54) is 6.07 Å². The summed E-state index contributed by atoms with van der Waals surface area (Å²) in [6.07, 6.45) is -4.38. The normalized spacial score (nSPS) is 28.9. The summed E-state index contributed by atoms with van der Waals surface area (Å²) in [7, 11) is -5.25. The van der Waals surface area contributed by atoms with E-state index in [1.807, 2.05) is 0 Å². The van der Waals surface area contributed by atoms with E-state index in [9.17, 15) is 9.90 Å². The molecule has 2 fully saturated rings. The zero-order chi connectivity index (χ0) is 28.2. The van der Waals surface area contributed by atoms with E-state index in [2.05, 4.69) is 75.4 Å². The zero-order valence-electron chi connectivity index (χ0n) is 24.2. The van der Waals surface area contributed by atoms with Gasteiger partial charge >= 0.3 is 14.5 Å². The van der Waals surface area contributed by atoms with E-state index in [0.29, 0.717) is 5.02 Å². The Morgan fingerprint density at radius 1 is 1.08 bits per heavy atom. The molecule has 7 nitrogen and oxygen atoms in total. The molecule has 0 amide bonds. The maximum absolute atomic E-state index is 12.9. The maximum Gasteiger partial charge on any atom is 0.349 e. The molecule has 0 radical (unpaired) electrons. The Balaban J connectivity index is 1.98. The number of benzene rings is 1. The fourth-order valence-corrected chi connectivity index (χ4v) is 11.5. The van der Waals surface area contributed by atoms with Crippen molar-refractivity contribution < 1.29 is 32.7 Å². The van der Waals surface area contributed by atoms with Crippen LogP contribution in [0, 0.1) is 0 Å². The number of hydrogen-bond acceptors (Lipinski definition) is 7. The van der Waals surface area contributed by atoms with Gasteiger partial charge in [-0.05, 0) is 36.3 Å². The van der Waals surface area contributed by atoms with Crippen LogP contribution in [0.3, 0.4) is 0 Å². The van der Waals surface area contributed by atoms with Crippen LogP contribution in [-0.4, -0.2) is 65.3 Å². The number of aliphatic hydroxyl groups is 1. The van der Waals surface area contributed by atoms with E-state index in [1.54, 1.807) is 18.2 Å². The van der Waals surface area contributed by atoms with E-state index in [-0.39, 0.29) is 27.3 Å². The van der Waals surface area contributed by atoms with Gasteiger partial charge in [0.25, 0.3) is 0 Å². The summed E-state index contributed by atoms with van der Waals surface area (Å²) in [6.45, 7) is 23.8. The third-order valence-corrected chi connectivity index (χ3v) is 17.7. The van der Waals surface area contributed by atoms with Crippen molar-refractivity contribution in [3.8, 4) is 0 Å². The molecule has 0 saturated carbocycles. The fraction of sp³-hybridized carbons (Fsp3) is 0.741. The second-order valence-electron chi connectivity index (χ2n) is 13.8. The van der Waals surface area contributed by atoms with Crippen LogP contribution in [0.15, 0.2) is 24.3 Å². The quantitative estimate of drug-likeness (QED) is 0.329. The first kappa shape index (κ1) is 30.8. The minimum Gasteiger partial charge on any atom is -0.429 e. The number of fused-ring (bicyclic) bond motifs is 1. The van der Waals surface area contributed by atoms with Gasteiger partial charge in [0.1, 0.15) is 24.4 Å².